The lowest BCUT2D eigenvalue weighted by Crippen LogP contribution is -2.10. The molecule has 190 valence electrons. The Bertz CT molecular complexity index is 1300. The minimum absolute atomic E-state index is 0.119. The summed E-state index contributed by atoms with van der Waals surface area (Å²) in [6.45, 7) is 3.26. The van der Waals surface area contributed by atoms with Crippen molar-refractivity contribution in [3.8, 4) is 11.5 Å². The third kappa shape index (κ3) is 6.74. The topological polar surface area (TPSA) is 88.3 Å². The van der Waals surface area contributed by atoms with Gasteiger partial charge in [-0.1, -0.05) is 38.0 Å². The van der Waals surface area contributed by atoms with Crippen LogP contribution in [0.4, 0.5) is 5.69 Å². The number of carbonyl (C=O) groups is 1. The van der Waals surface area contributed by atoms with E-state index in [1.807, 2.05) is 6.21 Å². The molecule has 0 aromatic heterocycles. The van der Waals surface area contributed by atoms with Crippen molar-refractivity contribution in [1.29, 1.82) is 0 Å². The van der Waals surface area contributed by atoms with E-state index in [1.165, 1.54) is 31.0 Å². The Kier molecular flexibility index (Phi) is 9.27. The number of hydrogen-bond donors (Lipinski definition) is 1. The van der Waals surface area contributed by atoms with Gasteiger partial charge in [0.15, 0.2) is 5.78 Å². The summed E-state index contributed by atoms with van der Waals surface area (Å²) in [6, 6.07) is 19.1. The van der Waals surface area contributed by atoms with E-state index in [0.29, 0.717) is 41.5 Å². The average Bonchev–Trinajstić information content (AvgIpc) is 2.94. The number of Topliss-reactive ketones (excluding diaryl/α,β-unsaturated/α-hetero) is 1. The van der Waals surface area contributed by atoms with Gasteiger partial charge in [-0.05, 0) is 89.5 Å². The molecule has 0 spiro atoms. The van der Waals surface area contributed by atoms with Crippen LogP contribution in [0.25, 0.3) is 10.5 Å². The number of ketones is 1. The number of nitrogens with zero attached hydrogens (tertiary/aromatic N) is 2. The van der Waals surface area contributed by atoms with Crippen LogP contribution in [0.5, 0.6) is 11.5 Å². The SMILES string of the molecule is CCCCCC=NCCOc1ccc(C(=O)C2=C(c3ccc(O)cc3)SCc3cc(N=O)ccc32)cc1. The monoisotopic (exact) mass is 514 g/mol. The Balaban J connectivity index is 1.54. The van der Waals surface area contributed by atoms with E-state index in [9.17, 15) is 14.8 Å². The molecule has 1 aliphatic rings. The molecule has 1 heterocycles. The van der Waals surface area contributed by atoms with Gasteiger partial charge in [0.05, 0.1) is 6.54 Å². The van der Waals surface area contributed by atoms with Crippen molar-refractivity contribution < 1.29 is 14.6 Å². The third-order valence-corrected chi connectivity index (χ3v) is 7.27. The highest BCUT2D eigenvalue weighted by molar-refractivity contribution is 8.08. The van der Waals surface area contributed by atoms with Crippen molar-refractivity contribution >= 4 is 39.9 Å². The van der Waals surface area contributed by atoms with Gasteiger partial charge in [-0.2, -0.15) is 0 Å². The van der Waals surface area contributed by atoms with E-state index in [0.717, 1.165) is 28.0 Å². The van der Waals surface area contributed by atoms with E-state index in [4.69, 9.17) is 4.74 Å². The molecular weight excluding hydrogens is 484 g/mol. The van der Waals surface area contributed by atoms with Gasteiger partial charge < -0.3 is 9.84 Å². The number of ether oxygens (including phenoxy) is 1. The molecular formula is C30H30N2O4S. The number of phenolic OH excluding ortho intramolecular Hbond substituents is 1. The number of phenols is 1. The number of nitroso groups, excluding NO2 is 1. The molecule has 37 heavy (non-hydrogen) atoms. The summed E-state index contributed by atoms with van der Waals surface area (Å²) in [5.41, 5.74) is 3.98. The number of rotatable bonds is 12. The molecule has 0 atom stereocenters. The van der Waals surface area contributed by atoms with Crippen LogP contribution >= 0.6 is 11.8 Å². The van der Waals surface area contributed by atoms with Crippen molar-refractivity contribution in [1.82, 2.24) is 0 Å². The van der Waals surface area contributed by atoms with Crippen molar-refractivity contribution in [2.75, 3.05) is 13.2 Å². The second kappa shape index (κ2) is 13.0. The summed E-state index contributed by atoms with van der Waals surface area (Å²) in [6.07, 6.45) is 6.56. The maximum absolute atomic E-state index is 13.8. The fourth-order valence-electron chi connectivity index (χ4n) is 4.14. The molecule has 3 aromatic rings. The predicted molar refractivity (Wildman–Crippen MR) is 152 cm³/mol. The largest absolute Gasteiger partial charge is 0.508 e. The molecule has 7 heteroatoms. The smallest absolute Gasteiger partial charge is 0.194 e. The second-order valence-electron chi connectivity index (χ2n) is 8.76. The zero-order chi connectivity index (χ0) is 26.0. The second-order valence-corrected chi connectivity index (χ2v) is 9.74. The summed E-state index contributed by atoms with van der Waals surface area (Å²) in [4.78, 5) is 30.1. The van der Waals surface area contributed by atoms with Gasteiger partial charge in [0.2, 0.25) is 0 Å². The van der Waals surface area contributed by atoms with Crippen LogP contribution < -0.4 is 4.74 Å². The number of hydrogen-bond acceptors (Lipinski definition) is 7. The van der Waals surface area contributed by atoms with Crippen molar-refractivity contribution in [3.05, 3.63) is 93.9 Å². The molecule has 0 radical (unpaired) electrons. The molecule has 6 nitrogen and oxygen atoms in total. The Morgan fingerprint density at radius 1 is 1.05 bits per heavy atom. The maximum Gasteiger partial charge on any atom is 0.194 e. The lowest BCUT2D eigenvalue weighted by Gasteiger charge is -2.23. The van der Waals surface area contributed by atoms with Crippen LogP contribution in [-0.4, -0.2) is 30.3 Å². The Labute approximate surface area is 221 Å². The number of benzene rings is 3. The first-order chi connectivity index (χ1) is 18.1. The molecule has 0 aliphatic carbocycles. The summed E-state index contributed by atoms with van der Waals surface area (Å²) in [5.74, 6) is 1.34. The van der Waals surface area contributed by atoms with Gasteiger partial charge >= 0.3 is 0 Å². The van der Waals surface area contributed by atoms with Gasteiger partial charge in [0, 0.05) is 21.8 Å². The lowest BCUT2D eigenvalue weighted by molar-refractivity contribution is 0.105. The van der Waals surface area contributed by atoms with E-state index in [1.54, 1.807) is 66.7 Å². The summed E-state index contributed by atoms with van der Waals surface area (Å²) >= 11 is 1.54. The Morgan fingerprint density at radius 2 is 1.84 bits per heavy atom. The maximum atomic E-state index is 13.8. The van der Waals surface area contributed by atoms with Crippen LogP contribution in [0.15, 0.2) is 76.9 Å². The minimum Gasteiger partial charge on any atom is -0.508 e. The normalized spacial score (nSPS) is 13.0. The first-order valence-electron chi connectivity index (χ1n) is 12.5. The van der Waals surface area contributed by atoms with E-state index >= 15 is 0 Å². The lowest BCUT2D eigenvalue weighted by atomic mass is 9.91. The predicted octanol–water partition coefficient (Wildman–Crippen LogP) is 7.82. The van der Waals surface area contributed by atoms with Crippen molar-refractivity contribution in [3.63, 3.8) is 0 Å². The van der Waals surface area contributed by atoms with Crippen LogP contribution in [0.2, 0.25) is 0 Å². The number of fused-ring (bicyclic) bond motifs is 1. The molecule has 3 aromatic carbocycles. The zero-order valence-corrected chi connectivity index (χ0v) is 21.7. The first kappa shape index (κ1) is 26.4. The van der Waals surface area contributed by atoms with Gasteiger partial charge in [-0.25, -0.2) is 0 Å². The number of allylic oxidation sites excluding steroid dienone is 1. The number of unbranched alkanes of at least 4 members (excludes halogenated alkanes) is 3. The number of thioether (sulfide) groups is 1. The molecule has 1 aliphatic heterocycles. The fourth-order valence-corrected chi connectivity index (χ4v) is 5.33. The third-order valence-electron chi connectivity index (χ3n) is 6.09. The van der Waals surface area contributed by atoms with Crippen LogP contribution in [0.3, 0.4) is 0 Å². The van der Waals surface area contributed by atoms with Gasteiger partial charge in [-0.15, -0.1) is 16.7 Å². The standard InChI is InChI=1S/C30H30N2O4S/c1-2-3-4-5-16-31-17-18-36-26-13-8-21(9-14-26)29(34)28-27-15-10-24(32-35)19-23(27)20-37-30(28)22-6-11-25(33)12-7-22/h6-16,19,33H,2-5,17-18,20H2,1H3. The molecule has 0 saturated heterocycles. The van der Waals surface area contributed by atoms with Crippen molar-refractivity contribution in [2.24, 2.45) is 10.2 Å². The number of aromatic hydroxyl groups is 1. The highest BCUT2D eigenvalue weighted by Gasteiger charge is 2.27. The highest BCUT2D eigenvalue weighted by Crippen LogP contribution is 2.45. The van der Waals surface area contributed by atoms with Crippen LogP contribution in [0.1, 0.15) is 59.7 Å². The molecule has 0 fully saturated rings. The zero-order valence-electron chi connectivity index (χ0n) is 20.9. The van der Waals surface area contributed by atoms with E-state index in [-0.39, 0.29) is 11.5 Å². The minimum atomic E-state index is -0.119. The van der Waals surface area contributed by atoms with E-state index < -0.39 is 0 Å². The average molecular weight is 515 g/mol. The highest BCUT2D eigenvalue weighted by atomic mass is 32.2. The van der Waals surface area contributed by atoms with E-state index in [2.05, 4.69) is 17.1 Å². The quantitative estimate of drug-likeness (QED) is 0.115. The number of carbonyl (C=O) groups excluding carboxylic acids is 1. The Morgan fingerprint density at radius 3 is 2.57 bits per heavy atom. The van der Waals surface area contributed by atoms with Crippen LogP contribution in [-0.2, 0) is 5.75 Å². The molecule has 0 saturated carbocycles. The molecule has 0 bridgehead atoms. The number of aliphatic imine (C=N–C) groups is 1. The summed E-state index contributed by atoms with van der Waals surface area (Å²) in [7, 11) is 0. The van der Waals surface area contributed by atoms with Gasteiger partial charge in [0.25, 0.3) is 0 Å². The fraction of sp³-hybridized carbons (Fsp3) is 0.267. The van der Waals surface area contributed by atoms with Crippen LogP contribution in [0, 0.1) is 4.91 Å². The summed E-state index contributed by atoms with van der Waals surface area (Å²) < 4.78 is 5.79. The van der Waals surface area contributed by atoms with Gasteiger partial charge in [-0.3, -0.25) is 9.79 Å². The molecule has 1 N–H and O–H groups in total. The van der Waals surface area contributed by atoms with Gasteiger partial charge in [0.1, 0.15) is 23.8 Å². The molecule has 4 rings (SSSR count). The summed E-state index contributed by atoms with van der Waals surface area (Å²) in [5, 5.41) is 12.8. The molecule has 0 unspecified atom stereocenters. The Hall–Kier alpha value is -3.71. The van der Waals surface area contributed by atoms with Crippen molar-refractivity contribution in [2.45, 2.75) is 38.4 Å². The first-order valence-corrected chi connectivity index (χ1v) is 13.5. The molecule has 0 amide bonds.